The normalized spacial score (nSPS) is 10.2. The molecule has 0 radical (unpaired) electrons. The van der Waals surface area contributed by atoms with Gasteiger partial charge in [0.05, 0.1) is 4.92 Å². The van der Waals surface area contributed by atoms with Crippen LogP contribution in [-0.2, 0) is 11.2 Å². The van der Waals surface area contributed by atoms with Crippen molar-refractivity contribution in [2.24, 2.45) is 0 Å². The van der Waals surface area contributed by atoms with Gasteiger partial charge in [-0.25, -0.2) is 4.39 Å². The minimum atomic E-state index is -0.459. The Hall–Kier alpha value is -2.96. The van der Waals surface area contributed by atoms with Gasteiger partial charge < -0.3 is 10.6 Å². The van der Waals surface area contributed by atoms with Crippen LogP contribution in [0.4, 0.5) is 15.8 Å². The van der Waals surface area contributed by atoms with Gasteiger partial charge in [0, 0.05) is 37.3 Å². The molecule has 0 saturated carbocycles. The lowest BCUT2D eigenvalue weighted by atomic mass is 10.1. The van der Waals surface area contributed by atoms with Gasteiger partial charge in [0.1, 0.15) is 5.82 Å². The fourth-order valence-electron chi connectivity index (χ4n) is 2.15. The van der Waals surface area contributed by atoms with Gasteiger partial charge in [-0.2, -0.15) is 0 Å². The highest BCUT2D eigenvalue weighted by Gasteiger charge is 2.06. The standard InChI is InChI=1S/C17H18FN3O3/c18-16-4-2-1-3-13(16)5-10-17(22)20-12-11-19-14-6-8-15(9-7-14)21(23)24/h1-4,6-9,19H,5,10-12H2,(H,20,22). The monoisotopic (exact) mass is 331 g/mol. The van der Waals surface area contributed by atoms with Crippen LogP contribution in [0.3, 0.4) is 0 Å². The predicted molar refractivity (Wildman–Crippen MR) is 89.3 cm³/mol. The summed E-state index contributed by atoms with van der Waals surface area (Å²) < 4.78 is 13.4. The highest BCUT2D eigenvalue weighted by Crippen LogP contribution is 2.14. The molecular formula is C17H18FN3O3. The molecule has 2 aromatic rings. The minimum absolute atomic E-state index is 0.0296. The highest BCUT2D eigenvalue weighted by atomic mass is 19.1. The quantitative estimate of drug-likeness (QED) is 0.442. The van der Waals surface area contributed by atoms with E-state index in [-0.39, 0.29) is 23.8 Å². The van der Waals surface area contributed by atoms with Gasteiger partial charge >= 0.3 is 0 Å². The lowest BCUT2D eigenvalue weighted by Crippen LogP contribution is -2.28. The summed E-state index contributed by atoms with van der Waals surface area (Å²) in [7, 11) is 0. The van der Waals surface area contributed by atoms with Gasteiger partial charge in [0.25, 0.3) is 5.69 Å². The van der Waals surface area contributed by atoms with Crippen LogP contribution in [0, 0.1) is 15.9 Å². The van der Waals surface area contributed by atoms with E-state index in [1.807, 2.05) is 0 Å². The molecule has 0 aliphatic rings. The van der Waals surface area contributed by atoms with E-state index in [2.05, 4.69) is 10.6 Å². The molecule has 126 valence electrons. The highest BCUT2D eigenvalue weighted by molar-refractivity contribution is 5.76. The number of nitro groups is 1. The minimum Gasteiger partial charge on any atom is -0.383 e. The molecule has 0 fully saturated rings. The van der Waals surface area contributed by atoms with Gasteiger partial charge in [0.15, 0.2) is 0 Å². The molecule has 0 saturated heterocycles. The number of hydrogen-bond donors (Lipinski definition) is 2. The zero-order valence-corrected chi connectivity index (χ0v) is 13.0. The van der Waals surface area contributed by atoms with Crippen molar-refractivity contribution < 1.29 is 14.1 Å². The molecule has 7 heteroatoms. The summed E-state index contributed by atoms with van der Waals surface area (Å²) in [6.07, 6.45) is 0.576. The molecule has 24 heavy (non-hydrogen) atoms. The molecule has 0 aromatic heterocycles. The first-order valence-corrected chi connectivity index (χ1v) is 7.54. The molecule has 1 amide bonds. The van der Waals surface area contributed by atoms with Gasteiger partial charge in [-0.15, -0.1) is 0 Å². The Kier molecular flexibility index (Phi) is 6.24. The van der Waals surface area contributed by atoms with Gasteiger partial charge in [-0.05, 0) is 30.2 Å². The molecule has 2 rings (SSSR count). The molecular weight excluding hydrogens is 313 g/mol. The smallest absolute Gasteiger partial charge is 0.269 e. The van der Waals surface area contributed by atoms with Crippen LogP contribution in [0.15, 0.2) is 48.5 Å². The maximum Gasteiger partial charge on any atom is 0.269 e. The van der Waals surface area contributed by atoms with Crippen molar-refractivity contribution in [2.45, 2.75) is 12.8 Å². The van der Waals surface area contributed by atoms with Crippen LogP contribution in [0.1, 0.15) is 12.0 Å². The van der Waals surface area contributed by atoms with E-state index in [0.717, 1.165) is 5.69 Å². The lowest BCUT2D eigenvalue weighted by molar-refractivity contribution is -0.384. The Balaban J connectivity index is 1.65. The number of benzene rings is 2. The SMILES string of the molecule is O=C(CCc1ccccc1F)NCCNc1ccc([N+](=O)[O-])cc1. The number of carbonyl (C=O) groups is 1. The summed E-state index contributed by atoms with van der Waals surface area (Å²) in [6, 6.07) is 12.4. The third-order valence-corrected chi connectivity index (χ3v) is 3.43. The first-order valence-electron chi connectivity index (χ1n) is 7.54. The fourth-order valence-corrected chi connectivity index (χ4v) is 2.15. The molecule has 2 N–H and O–H groups in total. The van der Waals surface area contributed by atoms with Crippen LogP contribution >= 0.6 is 0 Å². The van der Waals surface area contributed by atoms with Crippen LogP contribution in [0.2, 0.25) is 0 Å². The number of carbonyl (C=O) groups excluding carboxylic acids is 1. The van der Waals surface area contributed by atoms with E-state index in [1.165, 1.54) is 18.2 Å². The molecule has 0 spiro atoms. The maximum absolute atomic E-state index is 13.4. The molecule has 0 bridgehead atoms. The Morgan fingerprint density at radius 2 is 1.79 bits per heavy atom. The zero-order valence-electron chi connectivity index (χ0n) is 13.0. The number of non-ortho nitro benzene ring substituents is 1. The number of aryl methyl sites for hydroxylation is 1. The topological polar surface area (TPSA) is 84.3 Å². The first-order chi connectivity index (χ1) is 11.6. The van der Waals surface area contributed by atoms with E-state index >= 15 is 0 Å². The Labute approximate surface area is 138 Å². The molecule has 0 heterocycles. The molecule has 0 atom stereocenters. The van der Waals surface area contributed by atoms with Crippen LogP contribution in [0.5, 0.6) is 0 Å². The van der Waals surface area contributed by atoms with Crippen molar-refractivity contribution in [3.8, 4) is 0 Å². The van der Waals surface area contributed by atoms with Gasteiger partial charge in [0.2, 0.25) is 5.91 Å². The second-order valence-corrected chi connectivity index (χ2v) is 5.17. The molecule has 6 nitrogen and oxygen atoms in total. The first kappa shape index (κ1) is 17.4. The lowest BCUT2D eigenvalue weighted by Gasteiger charge is -2.08. The number of halogens is 1. The second-order valence-electron chi connectivity index (χ2n) is 5.17. The van der Waals surface area contributed by atoms with Gasteiger partial charge in [-0.3, -0.25) is 14.9 Å². The van der Waals surface area contributed by atoms with Crippen LogP contribution in [0.25, 0.3) is 0 Å². The van der Waals surface area contributed by atoms with Crippen LogP contribution in [-0.4, -0.2) is 23.9 Å². The number of nitrogens with zero attached hydrogens (tertiary/aromatic N) is 1. The molecule has 0 aliphatic carbocycles. The third-order valence-electron chi connectivity index (χ3n) is 3.43. The summed E-state index contributed by atoms with van der Waals surface area (Å²) >= 11 is 0. The maximum atomic E-state index is 13.4. The van der Waals surface area contributed by atoms with Crippen molar-refractivity contribution in [3.05, 3.63) is 70.0 Å². The summed E-state index contributed by atoms with van der Waals surface area (Å²) in [4.78, 5) is 21.8. The number of hydrogen-bond acceptors (Lipinski definition) is 4. The number of amides is 1. The van der Waals surface area contributed by atoms with Gasteiger partial charge in [-0.1, -0.05) is 18.2 Å². The Morgan fingerprint density at radius 1 is 1.08 bits per heavy atom. The van der Waals surface area contributed by atoms with E-state index < -0.39 is 4.92 Å². The van der Waals surface area contributed by atoms with E-state index in [0.29, 0.717) is 25.1 Å². The number of anilines is 1. The Morgan fingerprint density at radius 3 is 2.46 bits per heavy atom. The number of rotatable bonds is 8. The van der Waals surface area contributed by atoms with E-state index in [1.54, 1.807) is 30.3 Å². The summed E-state index contributed by atoms with van der Waals surface area (Å²) in [6.45, 7) is 0.899. The van der Waals surface area contributed by atoms with Crippen molar-refractivity contribution in [1.29, 1.82) is 0 Å². The van der Waals surface area contributed by atoms with Crippen molar-refractivity contribution in [3.63, 3.8) is 0 Å². The van der Waals surface area contributed by atoms with Crippen molar-refractivity contribution in [1.82, 2.24) is 5.32 Å². The summed E-state index contributed by atoms with van der Waals surface area (Å²) in [5, 5.41) is 16.3. The van der Waals surface area contributed by atoms with E-state index in [4.69, 9.17) is 0 Å². The second kappa shape index (κ2) is 8.61. The fraction of sp³-hybridized carbons (Fsp3) is 0.235. The molecule has 0 aliphatic heterocycles. The average Bonchev–Trinajstić information content (AvgIpc) is 2.58. The van der Waals surface area contributed by atoms with Crippen LogP contribution < -0.4 is 10.6 Å². The van der Waals surface area contributed by atoms with Crippen molar-refractivity contribution >= 4 is 17.3 Å². The summed E-state index contributed by atoms with van der Waals surface area (Å²) in [5.74, 6) is -0.450. The van der Waals surface area contributed by atoms with E-state index in [9.17, 15) is 19.3 Å². The van der Waals surface area contributed by atoms with Crippen molar-refractivity contribution in [2.75, 3.05) is 18.4 Å². The predicted octanol–water partition coefficient (Wildman–Crippen LogP) is 2.89. The molecule has 0 unspecified atom stereocenters. The zero-order chi connectivity index (χ0) is 17.4. The molecule has 2 aromatic carbocycles. The number of nitrogens with one attached hydrogen (secondary N) is 2. The Bertz CT molecular complexity index is 704. The third kappa shape index (κ3) is 5.35. The average molecular weight is 331 g/mol. The summed E-state index contributed by atoms with van der Waals surface area (Å²) in [5.41, 5.74) is 1.29. The number of nitro benzene ring substituents is 1. The largest absolute Gasteiger partial charge is 0.383 e.